The van der Waals surface area contributed by atoms with Crippen molar-refractivity contribution in [1.82, 2.24) is 24.9 Å². The van der Waals surface area contributed by atoms with Crippen LogP contribution in [0.4, 0.5) is 0 Å². The number of rotatable bonds is 4. The van der Waals surface area contributed by atoms with Crippen LogP contribution in [0.15, 0.2) is 150 Å². The smallest absolute Gasteiger partial charge is 0.164 e. The summed E-state index contributed by atoms with van der Waals surface area (Å²) in [7, 11) is 0. The molecule has 4 aromatic heterocycles. The van der Waals surface area contributed by atoms with Crippen molar-refractivity contribution in [2.45, 2.75) is 0 Å². The van der Waals surface area contributed by atoms with Crippen LogP contribution in [0.25, 0.3) is 99.7 Å². The Morgan fingerprint density at radius 1 is 0.479 bits per heavy atom. The summed E-state index contributed by atoms with van der Waals surface area (Å²) in [6.45, 7) is 0. The molecule has 0 spiro atoms. The lowest BCUT2D eigenvalue weighted by molar-refractivity contribution is 0.668. The van der Waals surface area contributed by atoms with Gasteiger partial charge in [-0.3, -0.25) is 4.98 Å². The van der Waals surface area contributed by atoms with Gasteiger partial charge in [-0.15, -0.1) is 0 Å². The fourth-order valence-corrected chi connectivity index (χ4v) is 7.03. The SMILES string of the molecule is c1ccc(-c2nc(-c3ccccc3-c3cc4c5ccccc5ccc4c4[nH]ccc34)nc(-c3cccc4oc5ccncc5c34)n2)cc1. The highest BCUT2D eigenvalue weighted by atomic mass is 16.3. The zero-order valence-corrected chi connectivity index (χ0v) is 25.6. The summed E-state index contributed by atoms with van der Waals surface area (Å²) >= 11 is 0. The van der Waals surface area contributed by atoms with Gasteiger partial charge in [-0.1, -0.05) is 103 Å². The number of benzene rings is 6. The predicted octanol–water partition coefficient (Wildman–Crippen LogP) is 10.6. The van der Waals surface area contributed by atoms with Crippen molar-refractivity contribution in [3.8, 4) is 45.3 Å². The summed E-state index contributed by atoms with van der Waals surface area (Å²) in [5.74, 6) is 1.77. The van der Waals surface area contributed by atoms with Gasteiger partial charge in [0.2, 0.25) is 0 Å². The number of aromatic nitrogens is 5. The Morgan fingerprint density at radius 3 is 2.17 bits per heavy atom. The summed E-state index contributed by atoms with van der Waals surface area (Å²) in [6.07, 6.45) is 5.60. The lowest BCUT2D eigenvalue weighted by atomic mass is 9.91. The maximum atomic E-state index is 6.21. The second kappa shape index (κ2) is 10.4. The van der Waals surface area contributed by atoms with Crippen LogP contribution in [-0.4, -0.2) is 24.9 Å². The average Bonchev–Trinajstić information content (AvgIpc) is 3.80. The molecule has 0 fully saturated rings. The molecule has 1 N–H and O–H groups in total. The Hall–Kier alpha value is -6.66. The highest BCUT2D eigenvalue weighted by molar-refractivity contribution is 6.20. The minimum atomic E-state index is 0.571. The molecule has 10 aromatic rings. The average molecular weight is 616 g/mol. The van der Waals surface area contributed by atoms with E-state index in [1.165, 1.54) is 21.5 Å². The third-order valence-electron chi connectivity index (χ3n) is 9.23. The molecule has 0 aliphatic carbocycles. The molecule has 0 atom stereocenters. The molecule has 0 amide bonds. The van der Waals surface area contributed by atoms with Gasteiger partial charge in [0.15, 0.2) is 17.5 Å². The molecule has 0 radical (unpaired) electrons. The number of H-pyrrole nitrogens is 1. The molecule has 0 bridgehead atoms. The van der Waals surface area contributed by atoms with Crippen molar-refractivity contribution in [2.24, 2.45) is 0 Å². The second-order valence-electron chi connectivity index (χ2n) is 11.9. The van der Waals surface area contributed by atoms with E-state index < -0.39 is 0 Å². The summed E-state index contributed by atoms with van der Waals surface area (Å²) < 4.78 is 6.21. The molecule has 6 aromatic carbocycles. The van der Waals surface area contributed by atoms with E-state index in [1.807, 2.05) is 73.1 Å². The van der Waals surface area contributed by atoms with E-state index in [4.69, 9.17) is 19.4 Å². The molecule has 0 aliphatic rings. The summed E-state index contributed by atoms with van der Waals surface area (Å²) in [4.78, 5) is 23.3. The molecule has 6 heteroatoms. The zero-order valence-electron chi connectivity index (χ0n) is 25.6. The number of pyridine rings is 1. The summed E-state index contributed by atoms with van der Waals surface area (Å²) in [6, 6.07) is 43.8. The molecule has 48 heavy (non-hydrogen) atoms. The van der Waals surface area contributed by atoms with Gasteiger partial charge in [0, 0.05) is 56.8 Å². The Labute approximate surface area is 274 Å². The highest BCUT2D eigenvalue weighted by Crippen LogP contribution is 2.41. The van der Waals surface area contributed by atoms with Crippen LogP contribution >= 0.6 is 0 Å². The lowest BCUT2D eigenvalue weighted by Crippen LogP contribution is -2.01. The minimum absolute atomic E-state index is 0.571. The van der Waals surface area contributed by atoms with Crippen molar-refractivity contribution in [1.29, 1.82) is 0 Å². The van der Waals surface area contributed by atoms with Gasteiger partial charge in [-0.05, 0) is 51.6 Å². The van der Waals surface area contributed by atoms with Gasteiger partial charge in [-0.2, -0.15) is 0 Å². The number of nitrogens with one attached hydrogen (secondary N) is 1. The van der Waals surface area contributed by atoms with E-state index >= 15 is 0 Å². The predicted molar refractivity (Wildman–Crippen MR) is 194 cm³/mol. The molecule has 0 aliphatic heterocycles. The Morgan fingerprint density at radius 2 is 1.25 bits per heavy atom. The topological polar surface area (TPSA) is 80.5 Å². The Balaban J connectivity index is 1.26. The first-order valence-electron chi connectivity index (χ1n) is 15.9. The number of aromatic amines is 1. The van der Waals surface area contributed by atoms with Gasteiger partial charge < -0.3 is 9.40 Å². The lowest BCUT2D eigenvalue weighted by Gasteiger charge is -2.15. The monoisotopic (exact) mass is 615 g/mol. The molecular formula is C42H25N5O. The van der Waals surface area contributed by atoms with Crippen LogP contribution in [0, 0.1) is 0 Å². The van der Waals surface area contributed by atoms with E-state index in [0.29, 0.717) is 17.5 Å². The van der Waals surface area contributed by atoms with Crippen LogP contribution in [-0.2, 0) is 0 Å². The molecule has 0 unspecified atom stereocenters. The first-order valence-corrected chi connectivity index (χ1v) is 15.9. The van der Waals surface area contributed by atoms with Crippen LogP contribution in [0.2, 0.25) is 0 Å². The van der Waals surface area contributed by atoms with Gasteiger partial charge in [0.1, 0.15) is 11.2 Å². The highest BCUT2D eigenvalue weighted by Gasteiger charge is 2.20. The largest absolute Gasteiger partial charge is 0.456 e. The Kier molecular flexibility index (Phi) is 5.77. The van der Waals surface area contributed by atoms with Gasteiger partial charge in [-0.25, -0.2) is 15.0 Å². The van der Waals surface area contributed by atoms with Crippen molar-refractivity contribution in [3.05, 3.63) is 146 Å². The summed E-state index contributed by atoms with van der Waals surface area (Å²) in [5, 5.41) is 7.81. The number of nitrogens with zero attached hydrogens (tertiary/aromatic N) is 4. The third-order valence-corrected chi connectivity index (χ3v) is 9.23. The van der Waals surface area contributed by atoms with Gasteiger partial charge in [0.25, 0.3) is 0 Å². The first kappa shape index (κ1) is 26.5. The third kappa shape index (κ3) is 4.06. The molecule has 4 heterocycles. The van der Waals surface area contributed by atoms with Gasteiger partial charge >= 0.3 is 0 Å². The van der Waals surface area contributed by atoms with Gasteiger partial charge in [0.05, 0.1) is 5.52 Å². The number of hydrogen-bond donors (Lipinski definition) is 1. The number of furan rings is 1. The molecular weight excluding hydrogens is 590 g/mol. The van der Waals surface area contributed by atoms with E-state index in [1.54, 1.807) is 6.20 Å². The fourth-order valence-electron chi connectivity index (χ4n) is 7.03. The zero-order chi connectivity index (χ0) is 31.6. The van der Waals surface area contributed by atoms with E-state index in [2.05, 4.69) is 76.7 Å². The summed E-state index contributed by atoms with van der Waals surface area (Å²) in [5.41, 5.74) is 7.50. The van der Waals surface area contributed by atoms with Crippen LogP contribution < -0.4 is 0 Å². The Bertz CT molecular complexity index is 2850. The normalized spacial score (nSPS) is 11.8. The minimum Gasteiger partial charge on any atom is -0.456 e. The maximum Gasteiger partial charge on any atom is 0.164 e. The molecule has 0 saturated heterocycles. The standard InChI is InChI=1S/C42H25N5O/c1-2-10-26(11-3-1)40-45-41(47-42(46-40)32-15-8-16-37-38(32)35-24-43-21-20-36(35)48-37)31-14-7-6-13-28(31)34-23-33-27-12-5-4-9-25(27)17-18-29(33)39-30(34)19-22-44-39/h1-24,44H. The molecule has 6 nitrogen and oxygen atoms in total. The van der Waals surface area contributed by atoms with E-state index in [-0.39, 0.29) is 0 Å². The van der Waals surface area contributed by atoms with Crippen molar-refractivity contribution >= 4 is 54.4 Å². The quantitative estimate of drug-likeness (QED) is 0.199. The van der Waals surface area contributed by atoms with Crippen LogP contribution in [0.1, 0.15) is 0 Å². The van der Waals surface area contributed by atoms with E-state index in [9.17, 15) is 0 Å². The van der Waals surface area contributed by atoms with Crippen LogP contribution in [0.5, 0.6) is 0 Å². The number of fused-ring (bicyclic) bond motifs is 8. The van der Waals surface area contributed by atoms with Crippen molar-refractivity contribution in [3.63, 3.8) is 0 Å². The second-order valence-corrected chi connectivity index (χ2v) is 11.9. The molecule has 224 valence electrons. The van der Waals surface area contributed by atoms with Crippen LogP contribution in [0.3, 0.4) is 0 Å². The maximum absolute atomic E-state index is 6.21. The molecule has 0 saturated carbocycles. The molecule has 10 rings (SSSR count). The van der Waals surface area contributed by atoms with Crippen molar-refractivity contribution < 1.29 is 4.42 Å². The van der Waals surface area contributed by atoms with Crippen molar-refractivity contribution in [2.75, 3.05) is 0 Å². The fraction of sp³-hybridized carbons (Fsp3) is 0. The number of hydrogen-bond acceptors (Lipinski definition) is 5. The van der Waals surface area contributed by atoms with E-state index in [0.717, 1.165) is 60.7 Å². The first-order chi connectivity index (χ1) is 23.8.